The molecule has 0 fully saturated rings. The molecule has 2 rings (SSSR count). The highest BCUT2D eigenvalue weighted by Crippen LogP contribution is 2.34. The number of hydrogen-bond acceptors (Lipinski definition) is 4. The van der Waals surface area contributed by atoms with Crippen molar-refractivity contribution in [3.05, 3.63) is 47.5 Å². The Morgan fingerprint density at radius 1 is 1.21 bits per heavy atom. The van der Waals surface area contributed by atoms with Crippen molar-refractivity contribution in [1.82, 2.24) is 0 Å². The Morgan fingerprint density at radius 2 is 2.00 bits per heavy atom. The van der Waals surface area contributed by atoms with Crippen LogP contribution in [0.1, 0.15) is 11.1 Å². The molecular formula is C15H14N2O2. The molecule has 0 heterocycles. The van der Waals surface area contributed by atoms with Gasteiger partial charge in [0.15, 0.2) is 5.75 Å². The van der Waals surface area contributed by atoms with Gasteiger partial charge in [-0.25, -0.2) is 0 Å². The third kappa shape index (κ3) is 2.61. The third-order valence-electron chi connectivity index (χ3n) is 2.77. The van der Waals surface area contributed by atoms with Crippen molar-refractivity contribution in [2.45, 2.75) is 6.92 Å². The van der Waals surface area contributed by atoms with Crippen LogP contribution in [0, 0.1) is 18.3 Å². The van der Waals surface area contributed by atoms with E-state index in [0.717, 1.165) is 5.56 Å². The zero-order chi connectivity index (χ0) is 13.8. The summed E-state index contributed by atoms with van der Waals surface area (Å²) < 4.78 is 10.9. The van der Waals surface area contributed by atoms with Crippen LogP contribution in [0.5, 0.6) is 17.2 Å². The van der Waals surface area contributed by atoms with Crippen LogP contribution in [-0.2, 0) is 0 Å². The molecule has 0 spiro atoms. The van der Waals surface area contributed by atoms with Gasteiger partial charge in [-0.15, -0.1) is 0 Å². The van der Waals surface area contributed by atoms with Crippen molar-refractivity contribution in [3.8, 4) is 23.3 Å². The molecule has 2 N–H and O–H groups in total. The van der Waals surface area contributed by atoms with Crippen LogP contribution in [0.2, 0.25) is 0 Å². The number of nitrogens with zero attached hydrogens (tertiary/aromatic N) is 1. The van der Waals surface area contributed by atoms with E-state index in [0.29, 0.717) is 28.5 Å². The van der Waals surface area contributed by atoms with Gasteiger partial charge in [0.25, 0.3) is 0 Å². The normalized spacial score (nSPS) is 9.74. The summed E-state index contributed by atoms with van der Waals surface area (Å²) in [4.78, 5) is 0. The molecule has 2 aromatic carbocycles. The fourth-order valence-corrected chi connectivity index (χ4v) is 1.72. The summed E-state index contributed by atoms with van der Waals surface area (Å²) in [5.41, 5.74) is 7.71. The van der Waals surface area contributed by atoms with Gasteiger partial charge in [0, 0.05) is 6.07 Å². The van der Waals surface area contributed by atoms with Crippen LogP contribution >= 0.6 is 0 Å². The topological polar surface area (TPSA) is 68.3 Å². The molecule has 4 nitrogen and oxygen atoms in total. The number of rotatable bonds is 3. The molecule has 0 aliphatic carbocycles. The van der Waals surface area contributed by atoms with E-state index >= 15 is 0 Å². The molecule has 4 heteroatoms. The summed E-state index contributed by atoms with van der Waals surface area (Å²) in [6, 6.07) is 12.7. The maximum Gasteiger partial charge on any atom is 0.154 e. The average Bonchev–Trinajstić information content (AvgIpc) is 2.43. The molecule has 0 saturated heterocycles. The minimum atomic E-state index is 0.474. The van der Waals surface area contributed by atoms with Gasteiger partial charge >= 0.3 is 0 Å². The summed E-state index contributed by atoms with van der Waals surface area (Å²) in [6.45, 7) is 1.88. The number of ether oxygens (including phenoxy) is 2. The van der Waals surface area contributed by atoms with E-state index in [-0.39, 0.29) is 0 Å². The van der Waals surface area contributed by atoms with E-state index < -0.39 is 0 Å². The lowest BCUT2D eigenvalue weighted by atomic mass is 10.1. The molecule has 2 aromatic rings. The Labute approximate surface area is 112 Å². The number of nitriles is 1. The number of benzene rings is 2. The van der Waals surface area contributed by atoms with Crippen molar-refractivity contribution in [2.75, 3.05) is 12.8 Å². The Balaban J connectivity index is 2.44. The number of methoxy groups -OCH3 is 1. The van der Waals surface area contributed by atoms with E-state index in [2.05, 4.69) is 6.07 Å². The van der Waals surface area contributed by atoms with Crippen LogP contribution in [0.15, 0.2) is 36.4 Å². The van der Waals surface area contributed by atoms with Gasteiger partial charge in [0.05, 0.1) is 18.4 Å². The Hall–Kier alpha value is -2.67. The molecule has 0 atom stereocenters. The van der Waals surface area contributed by atoms with E-state index in [4.69, 9.17) is 20.5 Å². The van der Waals surface area contributed by atoms with E-state index in [1.165, 1.54) is 0 Å². The van der Waals surface area contributed by atoms with Gasteiger partial charge < -0.3 is 15.2 Å². The molecule has 19 heavy (non-hydrogen) atoms. The van der Waals surface area contributed by atoms with Gasteiger partial charge in [-0.1, -0.05) is 12.1 Å². The highest BCUT2D eigenvalue weighted by Gasteiger charge is 2.10. The molecule has 0 aliphatic heterocycles. The molecule has 0 amide bonds. The third-order valence-corrected chi connectivity index (χ3v) is 2.77. The number of aryl methyl sites for hydroxylation is 1. The molecule has 0 unspecified atom stereocenters. The van der Waals surface area contributed by atoms with Gasteiger partial charge in [0.2, 0.25) is 0 Å². The second kappa shape index (κ2) is 5.32. The van der Waals surface area contributed by atoms with E-state index in [1.54, 1.807) is 31.4 Å². The lowest BCUT2D eigenvalue weighted by molar-refractivity contribution is 0.409. The number of para-hydroxylation sites is 1. The second-order valence-electron chi connectivity index (χ2n) is 4.07. The van der Waals surface area contributed by atoms with E-state index in [1.807, 2.05) is 19.1 Å². The fraction of sp³-hybridized carbons (Fsp3) is 0.133. The number of nitrogen functional groups attached to an aromatic ring is 1. The van der Waals surface area contributed by atoms with Crippen molar-refractivity contribution in [1.29, 1.82) is 5.26 Å². The summed E-state index contributed by atoms with van der Waals surface area (Å²) in [5.74, 6) is 1.64. The first-order valence-electron chi connectivity index (χ1n) is 5.76. The predicted octanol–water partition coefficient (Wildman–Crippen LogP) is 3.25. The number of nitrogens with two attached hydrogens (primary N) is 1. The lowest BCUT2D eigenvalue weighted by Gasteiger charge is -2.13. The van der Waals surface area contributed by atoms with E-state index in [9.17, 15) is 0 Å². The zero-order valence-corrected chi connectivity index (χ0v) is 10.8. The smallest absolute Gasteiger partial charge is 0.154 e. The largest absolute Gasteiger partial charge is 0.497 e. The molecular weight excluding hydrogens is 240 g/mol. The summed E-state index contributed by atoms with van der Waals surface area (Å²) in [6.07, 6.45) is 0. The molecule has 0 saturated carbocycles. The predicted molar refractivity (Wildman–Crippen MR) is 73.4 cm³/mol. The molecule has 0 radical (unpaired) electrons. The maximum absolute atomic E-state index is 9.11. The summed E-state index contributed by atoms with van der Waals surface area (Å²) in [7, 11) is 1.57. The first-order chi connectivity index (χ1) is 9.15. The molecule has 0 aliphatic rings. The minimum Gasteiger partial charge on any atom is -0.497 e. The molecule has 0 bridgehead atoms. The van der Waals surface area contributed by atoms with Crippen molar-refractivity contribution in [2.24, 2.45) is 0 Å². The van der Waals surface area contributed by atoms with Gasteiger partial charge in [-0.3, -0.25) is 0 Å². The van der Waals surface area contributed by atoms with Crippen LogP contribution in [0.25, 0.3) is 0 Å². The van der Waals surface area contributed by atoms with Gasteiger partial charge in [-0.05, 0) is 30.7 Å². The SMILES string of the molecule is COc1ccc(N)c(Oc2c(C)cccc2C#N)c1. The monoisotopic (exact) mass is 254 g/mol. The Kier molecular flexibility index (Phi) is 3.58. The first-order valence-corrected chi connectivity index (χ1v) is 5.76. The van der Waals surface area contributed by atoms with Crippen LogP contribution in [-0.4, -0.2) is 7.11 Å². The lowest BCUT2D eigenvalue weighted by Crippen LogP contribution is -1.96. The number of anilines is 1. The second-order valence-corrected chi connectivity index (χ2v) is 4.07. The van der Waals surface area contributed by atoms with Crippen LogP contribution in [0.3, 0.4) is 0 Å². The van der Waals surface area contributed by atoms with Crippen LogP contribution in [0.4, 0.5) is 5.69 Å². The Bertz CT molecular complexity index is 645. The quantitative estimate of drug-likeness (QED) is 0.854. The van der Waals surface area contributed by atoms with Crippen molar-refractivity contribution in [3.63, 3.8) is 0 Å². The van der Waals surface area contributed by atoms with Gasteiger partial charge in [0.1, 0.15) is 17.6 Å². The van der Waals surface area contributed by atoms with Gasteiger partial charge in [-0.2, -0.15) is 5.26 Å². The standard InChI is InChI=1S/C15H14N2O2/c1-10-4-3-5-11(9-16)15(10)19-14-8-12(18-2)6-7-13(14)17/h3-8H,17H2,1-2H3. The summed E-state index contributed by atoms with van der Waals surface area (Å²) in [5, 5.41) is 9.11. The highest BCUT2D eigenvalue weighted by molar-refractivity contribution is 5.59. The molecule has 96 valence electrons. The zero-order valence-electron chi connectivity index (χ0n) is 10.8. The average molecular weight is 254 g/mol. The molecule has 0 aromatic heterocycles. The highest BCUT2D eigenvalue weighted by atomic mass is 16.5. The maximum atomic E-state index is 9.11. The Morgan fingerprint density at radius 3 is 2.68 bits per heavy atom. The van der Waals surface area contributed by atoms with Crippen molar-refractivity contribution >= 4 is 5.69 Å². The van der Waals surface area contributed by atoms with Crippen molar-refractivity contribution < 1.29 is 9.47 Å². The summed E-state index contributed by atoms with van der Waals surface area (Å²) >= 11 is 0. The number of hydrogen-bond donors (Lipinski definition) is 1. The van der Waals surface area contributed by atoms with Crippen LogP contribution < -0.4 is 15.2 Å². The first kappa shape index (κ1) is 12.8. The fourth-order valence-electron chi connectivity index (χ4n) is 1.72. The minimum absolute atomic E-state index is 0.474.